The maximum absolute atomic E-state index is 6.08. The predicted octanol–water partition coefficient (Wildman–Crippen LogP) is 2.55. The van der Waals surface area contributed by atoms with E-state index in [0.717, 1.165) is 11.3 Å². The van der Waals surface area contributed by atoms with Crippen molar-refractivity contribution in [2.75, 3.05) is 5.73 Å². The SMILES string of the molecule is Cc1ccc(-c2cn(-c3nn(C(C)C)c4ncnc(N)c34)nn2)cc1. The van der Waals surface area contributed by atoms with E-state index in [1.54, 1.807) is 4.68 Å². The minimum Gasteiger partial charge on any atom is -0.383 e. The molecule has 0 unspecified atom stereocenters. The molecule has 2 N–H and O–H groups in total. The van der Waals surface area contributed by atoms with Gasteiger partial charge in [0.1, 0.15) is 23.2 Å². The summed E-state index contributed by atoms with van der Waals surface area (Å²) >= 11 is 0. The largest absolute Gasteiger partial charge is 0.383 e. The third-order valence-electron chi connectivity index (χ3n) is 4.05. The molecule has 0 saturated heterocycles. The Balaban J connectivity index is 1.87. The minimum absolute atomic E-state index is 0.130. The Bertz CT molecular complexity index is 1040. The number of nitrogen functional groups attached to an aromatic ring is 1. The third kappa shape index (κ3) is 2.51. The second-order valence-electron chi connectivity index (χ2n) is 6.23. The van der Waals surface area contributed by atoms with E-state index in [9.17, 15) is 0 Å². The fraction of sp³-hybridized carbons (Fsp3) is 0.235. The van der Waals surface area contributed by atoms with Crippen LogP contribution in [0.1, 0.15) is 25.5 Å². The van der Waals surface area contributed by atoms with E-state index in [0.29, 0.717) is 22.7 Å². The zero-order chi connectivity index (χ0) is 17.6. The van der Waals surface area contributed by atoms with Crippen molar-refractivity contribution in [1.29, 1.82) is 0 Å². The van der Waals surface area contributed by atoms with Crippen molar-refractivity contribution in [3.05, 3.63) is 42.4 Å². The van der Waals surface area contributed by atoms with Crippen molar-refractivity contribution in [1.82, 2.24) is 34.7 Å². The van der Waals surface area contributed by atoms with E-state index < -0.39 is 0 Å². The molecule has 25 heavy (non-hydrogen) atoms. The van der Waals surface area contributed by atoms with Crippen molar-refractivity contribution >= 4 is 16.9 Å². The molecule has 0 aliphatic rings. The molecule has 0 amide bonds. The number of nitrogens with two attached hydrogens (primary N) is 1. The lowest BCUT2D eigenvalue weighted by molar-refractivity contribution is 0.540. The van der Waals surface area contributed by atoms with Gasteiger partial charge < -0.3 is 5.73 Å². The van der Waals surface area contributed by atoms with Crippen LogP contribution in [-0.2, 0) is 0 Å². The predicted molar refractivity (Wildman–Crippen MR) is 95.2 cm³/mol. The van der Waals surface area contributed by atoms with E-state index in [1.165, 1.54) is 11.9 Å². The van der Waals surface area contributed by atoms with Crippen molar-refractivity contribution < 1.29 is 0 Å². The highest BCUT2D eigenvalue weighted by Crippen LogP contribution is 2.27. The Morgan fingerprint density at radius 1 is 1.08 bits per heavy atom. The van der Waals surface area contributed by atoms with E-state index in [1.807, 2.05) is 55.9 Å². The van der Waals surface area contributed by atoms with E-state index in [2.05, 4.69) is 25.4 Å². The Kier molecular flexibility index (Phi) is 3.45. The smallest absolute Gasteiger partial charge is 0.190 e. The monoisotopic (exact) mass is 334 g/mol. The summed E-state index contributed by atoms with van der Waals surface area (Å²) in [5, 5.41) is 13.8. The minimum atomic E-state index is 0.130. The first-order chi connectivity index (χ1) is 12.0. The Morgan fingerprint density at radius 3 is 2.56 bits per heavy atom. The van der Waals surface area contributed by atoms with Crippen LogP contribution in [0.5, 0.6) is 0 Å². The summed E-state index contributed by atoms with van der Waals surface area (Å²) in [5.41, 5.74) is 9.72. The molecule has 4 aromatic rings. The molecule has 3 heterocycles. The molecule has 0 atom stereocenters. The highest BCUT2D eigenvalue weighted by atomic mass is 15.5. The van der Waals surface area contributed by atoms with Crippen molar-refractivity contribution in [2.24, 2.45) is 0 Å². The first kappa shape index (κ1) is 15.3. The number of hydrogen-bond acceptors (Lipinski definition) is 6. The van der Waals surface area contributed by atoms with Gasteiger partial charge in [-0.1, -0.05) is 35.0 Å². The van der Waals surface area contributed by atoms with Gasteiger partial charge in [-0.15, -0.1) is 10.2 Å². The lowest BCUT2D eigenvalue weighted by Gasteiger charge is -2.05. The number of nitrogens with zero attached hydrogens (tertiary/aromatic N) is 7. The number of benzene rings is 1. The summed E-state index contributed by atoms with van der Waals surface area (Å²) in [6.07, 6.45) is 3.28. The highest BCUT2D eigenvalue weighted by molar-refractivity contribution is 5.92. The maximum Gasteiger partial charge on any atom is 0.190 e. The van der Waals surface area contributed by atoms with Crippen LogP contribution < -0.4 is 5.73 Å². The molecule has 0 spiro atoms. The van der Waals surface area contributed by atoms with Gasteiger partial charge in [0, 0.05) is 11.6 Å². The quantitative estimate of drug-likeness (QED) is 0.618. The normalized spacial score (nSPS) is 11.5. The molecule has 8 heteroatoms. The first-order valence-corrected chi connectivity index (χ1v) is 8.03. The second-order valence-corrected chi connectivity index (χ2v) is 6.23. The van der Waals surface area contributed by atoms with Crippen LogP contribution in [0.15, 0.2) is 36.8 Å². The topological polar surface area (TPSA) is 100 Å². The molecular weight excluding hydrogens is 316 g/mol. The number of aryl methyl sites for hydroxylation is 1. The maximum atomic E-state index is 6.08. The standard InChI is InChI=1S/C17H18N8/c1-10(2)25-16-14(15(18)19-9-20-16)17(22-25)24-8-13(21-23-24)12-6-4-11(3)5-7-12/h4-10H,1-3H3,(H2,18,19,20). The van der Waals surface area contributed by atoms with E-state index in [-0.39, 0.29) is 6.04 Å². The second kappa shape index (κ2) is 5.66. The van der Waals surface area contributed by atoms with Crippen molar-refractivity contribution in [3.63, 3.8) is 0 Å². The third-order valence-corrected chi connectivity index (χ3v) is 4.05. The molecule has 3 aromatic heterocycles. The molecule has 1 aromatic carbocycles. The lowest BCUT2D eigenvalue weighted by Crippen LogP contribution is -2.05. The van der Waals surface area contributed by atoms with Gasteiger partial charge >= 0.3 is 0 Å². The lowest BCUT2D eigenvalue weighted by atomic mass is 10.1. The fourth-order valence-electron chi connectivity index (χ4n) is 2.72. The molecular formula is C17H18N8. The molecule has 8 nitrogen and oxygen atoms in total. The zero-order valence-corrected chi connectivity index (χ0v) is 14.2. The van der Waals surface area contributed by atoms with Gasteiger partial charge in [0.2, 0.25) is 0 Å². The summed E-state index contributed by atoms with van der Waals surface area (Å²) < 4.78 is 3.44. The average Bonchev–Trinajstić information content (AvgIpc) is 3.20. The van der Waals surface area contributed by atoms with Gasteiger partial charge in [0.05, 0.1) is 6.20 Å². The van der Waals surface area contributed by atoms with Crippen LogP contribution in [-0.4, -0.2) is 34.7 Å². The summed E-state index contributed by atoms with van der Waals surface area (Å²) in [6, 6.07) is 8.26. The van der Waals surface area contributed by atoms with Crippen LogP contribution in [0.4, 0.5) is 5.82 Å². The van der Waals surface area contributed by atoms with E-state index >= 15 is 0 Å². The van der Waals surface area contributed by atoms with Gasteiger partial charge in [-0.3, -0.25) is 0 Å². The van der Waals surface area contributed by atoms with Gasteiger partial charge in [0.25, 0.3) is 0 Å². The Morgan fingerprint density at radius 2 is 1.84 bits per heavy atom. The van der Waals surface area contributed by atoms with Gasteiger partial charge in [-0.2, -0.15) is 4.68 Å². The number of hydrogen-bond donors (Lipinski definition) is 1. The van der Waals surface area contributed by atoms with Crippen LogP contribution in [0.2, 0.25) is 0 Å². The summed E-state index contributed by atoms with van der Waals surface area (Å²) in [6.45, 7) is 6.12. The van der Waals surface area contributed by atoms with Crippen LogP contribution in [0.25, 0.3) is 28.1 Å². The Labute approximate surface area is 144 Å². The number of rotatable bonds is 3. The molecule has 0 radical (unpaired) electrons. The zero-order valence-electron chi connectivity index (χ0n) is 14.2. The van der Waals surface area contributed by atoms with Gasteiger partial charge in [0.15, 0.2) is 11.5 Å². The molecule has 0 fully saturated rings. The fourth-order valence-corrected chi connectivity index (χ4v) is 2.72. The Hall–Kier alpha value is -3.29. The molecule has 0 saturated carbocycles. The van der Waals surface area contributed by atoms with Gasteiger partial charge in [-0.25, -0.2) is 14.6 Å². The summed E-state index contributed by atoms with van der Waals surface area (Å²) in [7, 11) is 0. The van der Waals surface area contributed by atoms with Crippen molar-refractivity contribution in [3.8, 4) is 17.1 Å². The summed E-state index contributed by atoms with van der Waals surface area (Å²) in [4.78, 5) is 8.42. The van der Waals surface area contributed by atoms with Gasteiger partial charge in [-0.05, 0) is 20.8 Å². The van der Waals surface area contributed by atoms with E-state index in [4.69, 9.17) is 5.73 Å². The molecule has 4 rings (SSSR count). The number of aromatic nitrogens is 7. The van der Waals surface area contributed by atoms with Crippen molar-refractivity contribution in [2.45, 2.75) is 26.8 Å². The average molecular weight is 334 g/mol. The van der Waals surface area contributed by atoms with Crippen LogP contribution >= 0.6 is 0 Å². The van der Waals surface area contributed by atoms with Crippen LogP contribution in [0.3, 0.4) is 0 Å². The highest BCUT2D eigenvalue weighted by Gasteiger charge is 2.19. The molecule has 0 aliphatic carbocycles. The summed E-state index contributed by atoms with van der Waals surface area (Å²) in [5.74, 6) is 0.951. The molecule has 0 aliphatic heterocycles. The number of anilines is 1. The molecule has 126 valence electrons. The first-order valence-electron chi connectivity index (χ1n) is 8.03. The van der Waals surface area contributed by atoms with Crippen LogP contribution in [0, 0.1) is 6.92 Å². The molecule has 0 bridgehead atoms. The number of fused-ring (bicyclic) bond motifs is 1.